The minimum atomic E-state index is -4.63. The molecule has 0 amide bonds. The molecular formula is C17H20F3N7O. The monoisotopic (exact) mass is 398 g/mol. The molecular weight excluding hydrogens is 375 g/mol. The van der Waals surface area contributed by atoms with E-state index in [4.69, 9.17) is 8.53 Å². The van der Waals surface area contributed by atoms with E-state index in [9.17, 15) is 13.2 Å². The van der Waals surface area contributed by atoms with Crippen LogP contribution in [-0.4, -0.2) is 31.3 Å². The number of hydrogen-bond acceptors (Lipinski definition) is 7. The van der Waals surface area contributed by atoms with Crippen LogP contribution in [0.3, 0.4) is 0 Å². The maximum atomic E-state index is 13.2. The number of rotatable bonds is 6. The second kappa shape index (κ2) is 7.13. The van der Waals surface area contributed by atoms with Crippen molar-refractivity contribution in [2.75, 3.05) is 17.2 Å². The van der Waals surface area contributed by atoms with Gasteiger partial charge in [0.1, 0.15) is 17.6 Å². The predicted molar refractivity (Wildman–Crippen MR) is 96.3 cm³/mol. The van der Waals surface area contributed by atoms with Gasteiger partial charge in [-0.05, 0) is 20.8 Å². The Labute approximate surface area is 163 Å². The summed E-state index contributed by atoms with van der Waals surface area (Å²) >= 11 is 0. The van der Waals surface area contributed by atoms with Gasteiger partial charge in [-0.25, -0.2) is 9.97 Å². The molecule has 0 unspecified atom stereocenters. The Balaban J connectivity index is 2.01. The number of oxazole rings is 1. The number of halogens is 3. The van der Waals surface area contributed by atoms with Gasteiger partial charge >= 0.3 is 6.18 Å². The molecule has 8 nitrogen and oxygen atoms in total. The van der Waals surface area contributed by atoms with Crippen molar-refractivity contribution in [3.8, 4) is 0 Å². The van der Waals surface area contributed by atoms with Crippen LogP contribution in [0.2, 0.25) is 0 Å². The van der Waals surface area contributed by atoms with Crippen molar-refractivity contribution in [2.24, 2.45) is 6.98 Å². The van der Waals surface area contributed by atoms with E-state index in [0.29, 0.717) is 6.20 Å². The molecule has 0 aliphatic heterocycles. The molecule has 150 valence electrons. The summed E-state index contributed by atoms with van der Waals surface area (Å²) in [6.07, 6.45) is -1.19. The van der Waals surface area contributed by atoms with Crippen LogP contribution in [-0.2, 0) is 18.6 Å². The van der Waals surface area contributed by atoms with Crippen molar-refractivity contribution in [3.05, 3.63) is 41.9 Å². The molecule has 0 spiro atoms. The van der Waals surface area contributed by atoms with E-state index < -0.39 is 29.9 Å². The van der Waals surface area contributed by atoms with E-state index in [1.54, 1.807) is 20.8 Å². The summed E-state index contributed by atoms with van der Waals surface area (Å²) in [5.74, 6) is -0.277. The Morgan fingerprint density at radius 3 is 2.68 bits per heavy atom. The standard InChI is InChI=1S/C17H20F3N7O/c1-5-21-13-10(17(18,19)20)9-23-15(25-13)24-12-8-11(27(4)26-12)16(2,3)14-22-6-7-28-14/h6-9H,5H2,1-4H3,(H2,21,23,24,25,26)/i4D3. The van der Waals surface area contributed by atoms with Crippen molar-refractivity contribution in [1.29, 1.82) is 0 Å². The van der Waals surface area contributed by atoms with E-state index in [2.05, 4.69) is 30.7 Å². The van der Waals surface area contributed by atoms with Crippen LogP contribution in [0.15, 0.2) is 29.1 Å². The van der Waals surface area contributed by atoms with Crippen LogP contribution in [0.5, 0.6) is 0 Å². The minimum absolute atomic E-state index is 0.0352. The first-order valence-electron chi connectivity index (χ1n) is 9.80. The van der Waals surface area contributed by atoms with Gasteiger partial charge in [-0.3, -0.25) is 4.68 Å². The van der Waals surface area contributed by atoms with Crippen LogP contribution in [0.4, 0.5) is 30.8 Å². The highest BCUT2D eigenvalue weighted by Crippen LogP contribution is 2.35. The van der Waals surface area contributed by atoms with Crippen LogP contribution in [0.1, 0.15) is 42.0 Å². The number of anilines is 3. The summed E-state index contributed by atoms with van der Waals surface area (Å²) in [6, 6.07) is 1.44. The molecule has 0 atom stereocenters. The van der Waals surface area contributed by atoms with E-state index in [-0.39, 0.29) is 29.9 Å². The molecule has 0 fully saturated rings. The van der Waals surface area contributed by atoms with Gasteiger partial charge in [0.15, 0.2) is 5.82 Å². The zero-order valence-corrected chi connectivity index (χ0v) is 15.3. The SMILES string of the molecule is [2H]C([2H])([2H])n1nc(Nc2ncc(C(F)(F)F)c(NCC)n2)cc1C(C)(C)c1ncco1. The van der Waals surface area contributed by atoms with Crippen molar-refractivity contribution in [3.63, 3.8) is 0 Å². The average molecular weight is 398 g/mol. The first kappa shape index (κ1) is 15.9. The Hall–Kier alpha value is -3.11. The Morgan fingerprint density at radius 1 is 1.29 bits per heavy atom. The van der Waals surface area contributed by atoms with Gasteiger partial charge < -0.3 is 15.1 Å². The number of nitrogens with zero attached hydrogens (tertiary/aromatic N) is 5. The number of nitrogens with one attached hydrogen (secondary N) is 2. The fourth-order valence-corrected chi connectivity index (χ4v) is 2.60. The van der Waals surface area contributed by atoms with Gasteiger partial charge in [0, 0.05) is 29.9 Å². The second-order valence-electron chi connectivity index (χ2n) is 6.40. The largest absolute Gasteiger partial charge is 0.448 e. The van der Waals surface area contributed by atoms with Crippen molar-refractivity contribution in [1.82, 2.24) is 24.7 Å². The molecule has 11 heteroatoms. The molecule has 3 rings (SSSR count). The molecule has 0 aliphatic rings. The lowest BCUT2D eigenvalue weighted by molar-refractivity contribution is -0.137. The topological polar surface area (TPSA) is 93.7 Å². The number of aromatic nitrogens is 5. The van der Waals surface area contributed by atoms with Crippen LogP contribution < -0.4 is 10.6 Å². The predicted octanol–water partition coefficient (Wildman–Crippen LogP) is 3.72. The normalized spacial score (nSPS) is 14.3. The lowest BCUT2D eigenvalue weighted by Crippen LogP contribution is -2.23. The molecule has 0 radical (unpaired) electrons. The number of aryl methyl sites for hydroxylation is 1. The Bertz CT molecular complexity index is 1050. The fourth-order valence-electron chi connectivity index (χ4n) is 2.60. The lowest BCUT2D eigenvalue weighted by atomic mass is 9.89. The van der Waals surface area contributed by atoms with Gasteiger partial charge in [-0.2, -0.15) is 23.3 Å². The molecule has 2 N–H and O–H groups in total. The minimum Gasteiger partial charge on any atom is -0.448 e. The number of alkyl halides is 3. The fraction of sp³-hybridized carbons (Fsp3) is 0.412. The first-order chi connectivity index (χ1) is 14.3. The summed E-state index contributed by atoms with van der Waals surface area (Å²) in [4.78, 5) is 11.7. The van der Waals surface area contributed by atoms with E-state index in [0.717, 1.165) is 4.68 Å². The molecule has 0 aromatic carbocycles. The highest BCUT2D eigenvalue weighted by atomic mass is 19.4. The lowest BCUT2D eigenvalue weighted by Gasteiger charge is -2.20. The van der Waals surface area contributed by atoms with Gasteiger partial charge in [-0.1, -0.05) is 0 Å². The van der Waals surface area contributed by atoms with Crippen molar-refractivity contribution in [2.45, 2.75) is 32.4 Å². The molecule has 0 aliphatic carbocycles. The Kier molecular flexibility index (Phi) is 4.05. The molecule has 0 saturated heterocycles. The van der Waals surface area contributed by atoms with Gasteiger partial charge in [0.25, 0.3) is 0 Å². The third-order valence-electron chi connectivity index (χ3n) is 3.99. The van der Waals surface area contributed by atoms with Gasteiger partial charge in [0.05, 0.1) is 17.3 Å². The Morgan fingerprint density at radius 2 is 2.07 bits per heavy atom. The van der Waals surface area contributed by atoms with Crippen molar-refractivity contribution < 1.29 is 21.7 Å². The van der Waals surface area contributed by atoms with E-state index in [1.165, 1.54) is 18.5 Å². The van der Waals surface area contributed by atoms with Crippen molar-refractivity contribution >= 4 is 17.6 Å². The highest BCUT2D eigenvalue weighted by molar-refractivity contribution is 5.54. The summed E-state index contributed by atoms with van der Waals surface area (Å²) in [5.41, 5.74) is -1.74. The maximum absolute atomic E-state index is 13.2. The summed E-state index contributed by atoms with van der Waals surface area (Å²) < 4.78 is 69.0. The average Bonchev–Trinajstić information content (AvgIpc) is 3.31. The zero-order valence-electron chi connectivity index (χ0n) is 18.3. The van der Waals surface area contributed by atoms with Crippen LogP contribution in [0.25, 0.3) is 0 Å². The highest BCUT2D eigenvalue weighted by Gasteiger charge is 2.35. The maximum Gasteiger partial charge on any atom is 0.421 e. The molecule has 3 aromatic heterocycles. The molecule has 3 heterocycles. The summed E-state index contributed by atoms with van der Waals surface area (Å²) in [5, 5.41) is 9.26. The van der Waals surface area contributed by atoms with Crippen LogP contribution in [0, 0.1) is 0 Å². The molecule has 0 bridgehead atoms. The molecule has 3 aromatic rings. The molecule has 0 saturated carbocycles. The van der Waals surface area contributed by atoms with E-state index in [1.807, 2.05) is 0 Å². The zero-order chi connectivity index (χ0) is 23.0. The van der Waals surface area contributed by atoms with Gasteiger partial charge in [0.2, 0.25) is 11.8 Å². The first-order valence-corrected chi connectivity index (χ1v) is 8.30. The number of hydrogen-bond donors (Lipinski definition) is 2. The van der Waals surface area contributed by atoms with Gasteiger partial charge in [-0.15, -0.1) is 0 Å². The third-order valence-corrected chi connectivity index (χ3v) is 3.99. The van der Waals surface area contributed by atoms with Crippen LogP contribution >= 0.6 is 0 Å². The smallest absolute Gasteiger partial charge is 0.421 e. The summed E-state index contributed by atoms with van der Waals surface area (Å²) in [6.45, 7) is 2.63. The third kappa shape index (κ3) is 3.78. The quantitative estimate of drug-likeness (QED) is 0.654. The molecule has 28 heavy (non-hydrogen) atoms. The second-order valence-corrected chi connectivity index (χ2v) is 6.40. The van der Waals surface area contributed by atoms with E-state index >= 15 is 0 Å². The summed E-state index contributed by atoms with van der Waals surface area (Å²) in [7, 11) is 0.